The number of sulfone groups is 1. The number of nitrogens with zero attached hydrogens (tertiary/aromatic N) is 1. The Morgan fingerprint density at radius 3 is 2.92 bits per heavy atom. The van der Waals surface area contributed by atoms with Crippen LogP contribution in [-0.4, -0.2) is 61.9 Å². The van der Waals surface area contributed by atoms with Gasteiger partial charge in [0.25, 0.3) is 0 Å². The third-order valence-corrected chi connectivity index (χ3v) is 6.37. The maximum Gasteiger partial charge on any atom is 0.234 e. The number of hydrogen-bond donors (Lipinski definition) is 2. The molecule has 1 aliphatic heterocycles. The number of hydrogen-bond acceptors (Lipinski definition) is 4. The molecule has 1 unspecified atom stereocenters. The lowest BCUT2D eigenvalue weighted by molar-refractivity contribution is -0.122. The Morgan fingerprint density at radius 2 is 2.17 bits per heavy atom. The van der Waals surface area contributed by atoms with Crippen molar-refractivity contribution in [1.29, 1.82) is 0 Å². The van der Waals surface area contributed by atoms with Gasteiger partial charge in [0.2, 0.25) is 5.91 Å². The van der Waals surface area contributed by atoms with Gasteiger partial charge >= 0.3 is 0 Å². The number of amides is 1. The Bertz CT molecular complexity index is 828. The first-order valence-corrected chi connectivity index (χ1v) is 9.99. The maximum absolute atomic E-state index is 12.1. The Hall–Kier alpha value is -1.86. The van der Waals surface area contributed by atoms with E-state index in [1.807, 2.05) is 36.3 Å². The van der Waals surface area contributed by atoms with E-state index in [1.54, 1.807) is 0 Å². The first-order valence-electron chi connectivity index (χ1n) is 8.17. The number of likely N-dealkylation sites (N-methyl/N-ethyl adjacent to an activating group) is 1. The van der Waals surface area contributed by atoms with Gasteiger partial charge in [0, 0.05) is 29.7 Å². The number of para-hydroxylation sites is 1. The maximum atomic E-state index is 12.1. The van der Waals surface area contributed by atoms with Crippen molar-refractivity contribution >= 4 is 26.6 Å². The SMILES string of the molecule is CN(CC(=O)NCCc1c[nH]c2ccccc12)C1CCS(=O)(=O)C1. The Kier molecular flexibility index (Phi) is 4.91. The van der Waals surface area contributed by atoms with Gasteiger partial charge in [-0.2, -0.15) is 0 Å². The second kappa shape index (κ2) is 6.94. The van der Waals surface area contributed by atoms with Crippen molar-refractivity contribution < 1.29 is 13.2 Å². The average molecular weight is 349 g/mol. The standard InChI is InChI=1S/C17H23N3O3S/c1-20(14-7-9-24(22,23)12-14)11-17(21)18-8-6-13-10-19-16-5-3-2-4-15(13)16/h2-5,10,14,19H,6-9,11-12H2,1H3,(H,18,21). The molecular weight excluding hydrogens is 326 g/mol. The molecular formula is C17H23N3O3S. The van der Waals surface area contributed by atoms with E-state index in [-0.39, 0.29) is 30.0 Å². The van der Waals surface area contributed by atoms with Crippen molar-refractivity contribution in [3.05, 3.63) is 36.0 Å². The van der Waals surface area contributed by atoms with Crippen molar-refractivity contribution in [3.63, 3.8) is 0 Å². The van der Waals surface area contributed by atoms with E-state index in [9.17, 15) is 13.2 Å². The molecule has 130 valence electrons. The van der Waals surface area contributed by atoms with Crippen molar-refractivity contribution in [2.75, 3.05) is 31.6 Å². The zero-order chi connectivity index (χ0) is 17.2. The van der Waals surface area contributed by atoms with Gasteiger partial charge in [0.15, 0.2) is 9.84 Å². The highest BCUT2D eigenvalue weighted by Crippen LogP contribution is 2.18. The molecule has 3 rings (SSSR count). The lowest BCUT2D eigenvalue weighted by atomic mass is 10.1. The van der Waals surface area contributed by atoms with Crippen LogP contribution >= 0.6 is 0 Å². The number of carbonyl (C=O) groups excluding carboxylic acids is 1. The fourth-order valence-electron chi connectivity index (χ4n) is 3.21. The second-order valence-corrected chi connectivity index (χ2v) is 8.66. The minimum Gasteiger partial charge on any atom is -0.361 e. The van der Waals surface area contributed by atoms with Crippen LogP contribution in [0.3, 0.4) is 0 Å². The van der Waals surface area contributed by atoms with Crippen molar-refractivity contribution in [2.24, 2.45) is 0 Å². The quantitative estimate of drug-likeness (QED) is 0.813. The summed E-state index contributed by atoms with van der Waals surface area (Å²) in [4.78, 5) is 17.1. The molecule has 1 saturated heterocycles. The van der Waals surface area contributed by atoms with E-state index < -0.39 is 9.84 Å². The van der Waals surface area contributed by atoms with Gasteiger partial charge in [0.05, 0.1) is 18.1 Å². The first kappa shape index (κ1) is 17.0. The smallest absolute Gasteiger partial charge is 0.234 e. The summed E-state index contributed by atoms with van der Waals surface area (Å²) in [5.74, 6) is 0.317. The summed E-state index contributed by atoms with van der Waals surface area (Å²) in [6.07, 6.45) is 3.35. The number of aromatic nitrogens is 1. The van der Waals surface area contributed by atoms with E-state index in [1.165, 1.54) is 10.9 Å². The van der Waals surface area contributed by atoms with Crippen molar-refractivity contribution in [2.45, 2.75) is 18.9 Å². The summed E-state index contributed by atoms with van der Waals surface area (Å²) >= 11 is 0. The van der Waals surface area contributed by atoms with Crippen molar-refractivity contribution in [3.8, 4) is 0 Å². The summed E-state index contributed by atoms with van der Waals surface area (Å²) in [5.41, 5.74) is 2.28. The number of rotatable bonds is 6. The monoisotopic (exact) mass is 349 g/mol. The highest BCUT2D eigenvalue weighted by Gasteiger charge is 2.31. The van der Waals surface area contributed by atoms with Crippen LogP contribution in [0, 0.1) is 0 Å². The number of benzene rings is 1. The molecule has 7 heteroatoms. The van der Waals surface area contributed by atoms with Crippen LogP contribution in [0.1, 0.15) is 12.0 Å². The number of aromatic amines is 1. The Balaban J connectivity index is 1.46. The normalized spacial score (nSPS) is 19.8. The molecule has 1 aliphatic rings. The first-order chi connectivity index (χ1) is 11.4. The molecule has 1 atom stereocenters. The lowest BCUT2D eigenvalue weighted by Crippen LogP contribution is -2.41. The number of nitrogens with one attached hydrogen (secondary N) is 2. The van der Waals surface area contributed by atoms with Crippen LogP contribution < -0.4 is 5.32 Å². The molecule has 0 spiro atoms. The highest BCUT2D eigenvalue weighted by molar-refractivity contribution is 7.91. The van der Waals surface area contributed by atoms with E-state index in [0.717, 1.165) is 11.9 Å². The zero-order valence-electron chi connectivity index (χ0n) is 13.8. The predicted molar refractivity (Wildman–Crippen MR) is 94.7 cm³/mol. The van der Waals surface area contributed by atoms with Gasteiger partial charge in [-0.05, 0) is 31.5 Å². The molecule has 1 aromatic carbocycles. The van der Waals surface area contributed by atoms with Crippen LogP contribution in [-0.2, 0) is 21.1 Å². The van der Waals surface area contributed by atoms with Crippen LogP contribution in [0.15, 0.2) is 30.5 Å². The largest absolute Gasteiger partial charge is 0.361 e. The molecule has 1 fully saturated rings. The summed E-state index contributed by atoms with van der Waals surface area (Å²) < 4.78 is 23.0. The average Bonchev–Trinajstić information content (AvgIpc) is 3.11. The van der Waals surface area contributed by atoms with Crippen molar-refractivity contribution in [1.82, 2.24) is 15.2 Å². The van der Waals surface area contributed by atoms with Gasteiger partial charge in [-0.3, -0.25) is 9.69 Å². The minimum absolute atomic E-state index is 0.0469. The third kappa shape index (κ3) is 3.96. The topological polar surface area (TPSA) is 82.3 Å². The fraction of sp³-hybridized carbons (Fsp3) is 0.471. The fourth-order valence-corrected chi connectivity index (χ4v) is 5.01. The molecule has 1 aromatic heterocycles. The molecule has 2 heterocycles. The number of H-pyrrole nitrogens is 1. The molecule has 0 radical (unpaired) electrons. The molecule has 1 amide bonds. The molecule has 6 nitrogen and oxygen atoms in total. The van der Waals surface area contributed by atoms with Gasteiger partial charge in [-0.25, -0.2) is 8.42 Å². The third-order valence-electron chi connectivity index (χ3n) is 4.62. The van der Waals surface area contributed by atoms with E-state index in [0.29, 0.717) is 13.0 Å². The summed E-state index contributed by atoms with van der Waals surface area (Å²) in [6.45, 7) is 0.797. The van der Waals surface area contributed by atoms with E-state index in [2.05, 4.69) is 16.4 Å². The van der Waals surface area contributed by atoms with Gasteiger partial charge in [-0.1, -0.05) is 18.2 Å². The molecule has 0 saturated carbocycles. The highest BCUT2D eigenvalue weighted by atomic mass is 32.2. The van der Waals surface area contributed by atoms with E-state index in [4.69, 9.17) is 0 Å². The van der Waals surface area contributed by atoms with Crippen LogP contribution in [0.25, 0.3) is 10.9 Å². The summed E-state index contributed by atoms with van der Waals surface area (Å²) in [6, 6.07) is 8.04. The Labute approximate surface area is 142 Å². The molecule has 0 aliphatic carbocycles. The minimum atomic E-state index is -2.92. The van der Waals surface area contributed by atoms with E-state index >= 15 is 0 Å². The lowest BCUT2D eigenvalue weighted by Gasteiger charge is -2.22. The van der Waals surface area contributed by atoms with Crippen LogP contribution in [0.4, 0.5) is 0 Å². The number of carbonyl (C=O) groups is 1. The summed E-state index contributed by atoms with van der Waals surface area (Å²) in [5, 5.41) is 4.10. The predicted octanol–water partition coefficient (Wildman–Crippen LogP) is 0.945. The molecule has 0 bridgehead atoms. The molecule has 2 N–H and O–H groups in total. The van der Waals surface area contributed by atoms with Crippen LogP contribution in [0.5, 0.6) is 0 Å². The van der Waals surface area contributed by atoms with Gasteiger partial charge in [0.1, 0.15) is 0 Å². The second-order valence-electron chi connectivity index (χ2n) is 6.43. The molecule has 2 aromatic rings. The zero-order valence-corrected chi connectivity index (χ0v) is 14.6. The molecule has 24 heavy (non-hydrogen) atoms. The summed E-state index contributed by atoms with van der Waals surface area (Å²) in [7, 11) is -1.11. The van der Waals surface area contributed by atoms with Gasteiger partial charge in [-0.15, -0.1) is 0 Å². The number of fused-ring (bicyclic) bond motifs is 1. The van der Waals surface area contributed by atoms with Gasteiger partial charge < -0.3 is 10.3 Å². The Morgan fingerprint density at radius 1 is 1.38 bits per heavy atom. The van der Waals surface area contributed by atoms with Crippen LogP contribution in [0.2, 0.25) is 0 Å².